The molecule has 0 aromatic carbocycles. The van der Waals surface area contributed by atoms with Crippen LogP contribution in [0.4, 0.5) is 0 Å². The Labute approximate surface area is 106 Å². The first kappa shape index (κ1) is 16.4. The van der Waals surface area contributed by atoms with E-state index in [1.807, 2.05) is 0 Å². The lowest BCUT2D eigenvalue weighted by Crippen LogP contribution is -2.30. The average molecular weight is 243 g/mol. The van der Waals surface area contributed by atoms with Crippen molar-refractivity contribution < 1.29 is 9.90 Å². The van der Waals surface area contributed by atoms with Crippen LogP contribution in [0.3, 0.4) is 0 Å². The van der Waals surface area contributed by atoms with E-state index in [-0.39, 0.29) is 11.8 Å². The number of aliphatic carboxylic acids is 1. The van der Waals surface area contributed by atoms with E-state index < -0.39 is 5.97 Å². The first-order valence-electron chi connectivity index (χ1n) is 6.85. The molecule has 0 bridgehead atoms. The summed E-state index contributed by atoms with van der Waals surface area (Å²) < 4.78 is 0. The molecule has 0 aromatic heterocycles. The maximum absolute atomic E-state index is 10.6. The van der Waals surface area contributed by atoms with Crippen LogP contribution in [0.25, 0.3) is 0 Å². The number of nitrogens with zero attached hydrogens (tertiary/aromatic N) is 1. The fraction of sp³-hybridized carbons (Fsp3) is 0.929. The molecule has 0 fully saturated rings. The molecule has 0 heterocycles. The Bertz CT molecular complexity index is 208. The van der Waals surface area contributed by atoms with E-state index in [1.165, 1.54) is 12.8 Å². The van der Waals surface area contributed by atoms with E-state index in [9.17, 15) is 4.79 Å². The van der Waals surface area contributed by atoms with Crippen molar-refractivity contribution in [3.05, 3.63) is 0 Å². The van der Waals surface area contributed by atoms with Gasteiger partial charge in [0.2, 0.25) is 0 Å². The molecule has 0 spiro atoms. The van der Waals surface area contributed by atoms with Gasteiger partial charge in [-0.15, -0.1) is 0 Å². The summed E-state index contributed by atoms with van der Waals surface area (Å²) >= 11 is 0. The summed E-state index contributed by atoms with van der Waals surface area (Å²) in [6, 6.07) is 0. The van der Waals surface area contributed by atoms with Gasteiger partial charge in [-0.1, -0.05) is 27.7 Å². The number of carboxylic acids is 1. The van der Waals surface area contributed by atoms with Crippen molar-refractivity contribution in [1.29, 1.82) is 0 Å². The first-order chi connectivity index (χ1) is 7.91. The molecule has 102 valence electrons. The van der Waals surface area contributed by atoms with Crippen LogP contribution in [0.2, 0.25) is 0 Å². The van der Waals surface area contributed by atoms with Crippen molar-refractivity contribution in [1.82, 2.24) is 4.90 Å². The minimum Gasteiger partial charge on any atom is -0.481 e. The third-order valence-corrected chi connectivity index (χ3v) is 3.20. The molecule has 0 radical (unpaired) electrons. The number of rotatable bonds is 10. The van der Waals surface area contributed by atoms with E-state index in [4.69, 9.17) is 5.11 Å². The molecular weight excluding hydrogens is 214 g/mol. The molecule has 17 heavy (non-hydrogen) atoms. The van der Waals surface area contributed by atoms with Crippen LogP contribution in [0.1, 0.15) is 59.8 Å². The molecule has 0 saturated carbocycles. The largest absolute Gasteiger partial charge is 0.481 e. The van der Waals surface area contributed by atoms with Crippen molar-refractivity contribution >= 4 is 5.97 Å². The van der Waals surface area contributed by atoms with E-state index in [0.29, 0.717) is 0 Å². The van der Waals surface area contributed by atoms with E-state index in [1.54, 1.807) is 0 Å². The van der Waals surface area contributed by atoms with Crippen molar-refractivity contribution in [2.24, 2.45) is 5.41 Å². The summed E-state index contributed by atoms with van der Waals surface area (Å²) in [5.41, 5.74) is 0.137. The van der Waals surface area contributed by atoms with Crippen LogP contribution in [0.15, 0.2) is 0 Å². The number of carbonyl (C=O) groups is 1. The maximum Gasteiger partial charge on any atom is 0.303 e. The average Bonchev–Trinajstić information content (AvgIpc) is 2.24. The summed E-state index contributed by atoms with van der Waals surface area (Å²) in [5, 5.41) is 8.71. The van der Waals surface area contributed by atoms with E-state index >= 15 is 0 Å². The molecule has 0 saturated heterocycles. The maximum atomic E-state index is 10.6. The monoisotopic (exact) mass is 243 g/mol. The molecule has 0 aliphatic carbocycles. The highest BCUT2D eigenvalue weighted by Crippen LogP contribution is 2.27. The zero-order valence-corrected chi connectivity index (χ0v) is 12.0. The van der Waals surface area contributed by atoms with Gasteiger partial charge in [0.1, 0.15) is 0 Å². The highest BCUT2D eigenvalue weighted by molar-refractivity contribution is 5.66. The summed E-state index contributed by atoms with van der Waals surface area (Å²) in [5.74, 6) is -0.683. The minimum absolute atomic E-state index is 0.137. The summed E-state index contributed by atoms with van der Waals surface area (Å²) in [7, 11) is 0. The molecule has 1 N–H and O–H groups in total. The number of carboxylic acid groups (broad SMARTS) is 1. The van der Waals surface area contributed by atoms with Gasteiger partial charge in [0.15, 0.2) is 0 Å². The predicted octanol–water partition coefficient (Wildman–Crippen LogP) is 3.39. The molecule has 3 heteroatoms. The van der Waals surface area contributed by atoms with Gasteiger partial charge in [-0.2, -0.15) is 0 Å². The quantitative estimate of drug-likeness (QED) is 0.639. The normalized spacial score (nSPS) is 12.1. The molecule has 0 atom stereocenters. The SMILES string of the molecule is CCCN(CCC)CCC(C)(C)CCC(=O)O. The van der Waals surface area contributed by atoms with Crippen LogP contribution < -0.4 is 0 Å². The zero-order chi connectivity index (χ0) is 13.3. The van der Waals surface area contributed by atoms with Crippen LogP contribution in [0.5, 0.6) is 0 Å². The fourth-order valence-corrected chi connectivity index (χ4v) is 2.00. The number of hydrogen-bond donors (Lipinski definition) is 1. The molecule has 0 unspecified atom stereocenters. The van der Waals surface area contributed by atoms with Crippen LogP contribution in [0, 0.1) is 5.41 Å². The van der Waals surface area contributed by atoms with Gasteiger partial charge in [-0.05, 0) is 50.7 Å². The second kappa shape index (κ2) is 8.51. The Morgan fingerprint density at radius 1 is 1.06 bits per heavy atom. The number of hydrogen-bond acceptors (Lipinski definition) is 2. The minimum atomic E-state index is -0.683. The highest BCUT2D eigenvalue weighted by atomic mass is 16.4. The Balaban J connectivity index is 3.98. The topological polar surface area (TPSA) is 40.5 Å². The third-order valence-electron chi connectivity index (χ3n) is 3.20. The first-order valence-corrected chi connectivity index (χ1v) is 6.85. The van der Waals surface area contributed by atoms with Crippen molar-refractivity contribution in [2.45, 2.75) is 59.8 Å². The molecule has 0 rings (SSSR count). The predicted molar refractivity (Wildman–Crippen MR) is 72.3 cm³/mol. The summed E-state index contributed by atoms with van der Waals surface area (Å²) in [6.07, 6.45) is 4.52. The van der Waals surface area contributed by atoms with Gasteiger partial charge in [0.05, 0.1) is 0 Å². The lowest BCUT2D eigenvalue weighted by molar-refractivity contribution is -0.137. The van der Waals surface area contributed by atoms with Gasteiger partial charge in [0.25, 0.3) is 0 Å². The van der Waals surface area contributed by atoms with Crippen LogP contribution in [-0.2, 0) is 4.79 Å². The van der Waals surface area contributed by atoms with Crippen LogP contribution in [-0.4, -0.2) is 35.6 Å². The summed E-state index contributed by atoms with van der Waals surface area (Å²) in [6.45, 7) is 12.2. The third kappa shape index (κ3) is 9.16. The molecule has 3 nitrogen and oxygen atoms in total. The molecule has 0 amide bonds. The Morgan fingerprint density at radius 3 is 2.00 bits per heavy atom. The van der Waals surface area contributed by atoms with Gasteiger partial charge in [-0.3, -0.25) is 4.79 Å². The summed E-state index contributed by atoms with van der Waals surface area (Å²) in [4.78, 5) is 13.1. The van der Waals surface area contributed by atoms with E-state index in [2.05, 4.69) is 32.6 Å². The smallest absolute Gasteiger partial charge is 0.303 e. The molecule has 0 aliphatic heterocycles. The van der Waals surface area contributed by atoms with Crippen molar-refractivity contribution in [3.63, 3.8) is 0 Å². The molecular formula is C14H29NO2. The zero-order valence-electron chi connectivity index (χ0n) is 12.0. The Hall–Kier alpha value is -0.570. The lowest BCUT2D eigenvalue weighted by Gasteiger charge is -2.28. The fourth-order valence-electron chi connectivity index (χ4n) is 2.00. The molecule has 0 aromatic rings. The van der Waals surface area contributed by atoms with Gasteiger partial charge < -0.3 is 10.0 Å². The van der Waals surface area contributed by atoms with Crippen LogP contribution >= 0.6 is 0 Å². The van der Waals surface area contributed by atoms with Gasteiger partial charge in [0, 0.05) is 6.42 Å². The van der Waals surface area contributed by atoms with Gasteiger partial charge >= 0.3 is 5.97 Å². The second-order valence-corrected chi connectivity index (χ2v) is 5.65. The standard InChI is InChI=1S/C14H29NO2/c1-5-10-15(11-6-2)12-9-14(3,4)8-7-13(16)17/h5-12H2,1-4H3,(H,16,17). The second-order valence-electron chi connectivity index (χ2n) is 5.65. The molecule has 0 aliphatic rings. The van der Waals surface area contributed by atoms with Gasteiger partial charge in [-0.25, -0.2) is 0 Å². The lowest BCUT2D eigenvalue weighted by atomic mass is 9.84. The Morgan fingerprint density at radius 2 is 1.59 bits per heavy atom. The van der Waals surface area contributed by atoms with Crippen molar-refractivity contribution in [2.75, 3.05) is 19.6 Å². The highest BCUT2D eigenvalue weighted by Gasteiger charge is 2.20. The van der Waals surface area contributed by atoms with Crippen molar-refractivity contribution in [3.8, 4) is 0 Å². The van der Waals surface area contributed by atoms with E-state index in [0.717, 1.165) is 32.5 Å². The Kier molecular flexibility index (Phi) is 8.23.